The predicted octanol–water partition coefficient (Wildman–Crippen LogP) is 3.34. The van der Waals surface area contributed by atoms with Crippen LogP contribution in [0.1, 0.15) is 35.2 Å². The van der Waals surface area contributed by atoms with Gasteiger partial charge in [0.05, 0.1) is 17.8 Å². The van der Waals surface area contributed by atoms with Crippen molar-refractivity contribution in [3.8, 4) is 0 Å². The van der Waals surface area contributed by atoms with E-state index < -0.39 is 29.9 Å². The number of hydrogen-bond donors (Lipinski definition) is 1. The van der Waals surface area contributed by atoms with Gasteiger partial charge in [0, 0.05) is 18.9 Å². The van der Waals surface area contributed by atoms with Gasteiger partial charge in [0.2, 0.25) is 0 Å². The van der Waals surface area contributed by atoms with Crippen molar-refractivity contribution in [1.29, 1.82) is 0 Å². The van der Waals surface area contributed by atoms with E-state index in [2.05, 4.69) is 0 Å². The van der Waals surface area contributed by atoms with Crippen LogP contribution in [0.2, 0.25) is 0 Å². The van der Waals surface area contributed by atoms with Crippen LogP contribution in [0.15, 0.2) is 12.4 Å². The molecule has 0 saturated heterocycles. The van der Waals surface area contributed by atoms with Gasteiger partial charge in [0.1, 0.15) is 0 Å². The number of rotatable bonds is 6. The van der Waals surface area contributed by atoms with Crippen LogP contribution in [0.4, 0.5) is 17.6 Å². The number of aryl methyl sites for hydroxylation is 1. The first-order valence-electron chi connectivity index (χ1n) is 5.42. The van der Waals surface area contributed by atoms with Crippen molar-refractivity contribution in [3.63, 3.8) is 0 Å². The molecule has 0 unspecified atom stereocenters. The molecule has 0 bridgehead atoms. The fraction of sp³-hybridized carbons (Fsp3) is 0.545. The van der Waals surface area contributed by atoms with E-state index >= 15 is 0 Å². The zero-order valence-corrected chi connectivity index (χ0v) is 9.50. The predicted molar refractivity (Wildman–Crippen MR) is 56.2 cm³/mol. The molecule has 0 fully saturated rings. The summed E-state index contributed by atoms with van der Waals surface area (Å²) in [6, 6.07) is 0. The Balaban J connectivity index is 2.80. The monoisotopic (exact) mass is 267 g/mol. The molecule has 0 amide bonds. The van der Waals surface area contributed by atoms with Crippen molar-refractivity contribution in [2.24, 2.45) is 0 Å². The summed E-state index contributed by atoms with van der Waals surface area (Å²) in [6.07, 6.45) is -1.52. The van der Waals surface area contributed by atoms with E-state index in [1.165, 1.54) is 4.57 Å². The minimum atomic E-state index is -4.68. The lowest BCUT2D eigenvalue weighted by molar-refractivity contribution is -0.138. The smallest absolute Gasteiger partial charge is 0.418 e. The van der Waals surface area contributed by atoms with Crippen molar-refractivity contribution >= 4 is 5.97 Å². The molecule has 0 saturated carbocycles. The van der Waals surface area contributed by atoms with E-state index in [0.29, 0.717) is 19.3 Å². The molecular formula is C11H13F4NO2. The van der Waals surface area contributed by atoms with Crippen LogP contribution < -0.4 is 0 Å². The van der Waals surface area contributed by atoms with Gasteiger partial charge in [0.25, 0.3) is 0 Å². The molecule has 0 aliphatic heterocycles. The number of carboxylic acids is 1. The highest BCUT2D eigenvalue weighted by molar-refractivity contribution is 5.89. The van der Waals surface area contributed by atoms with Gasteiger partial charge in [-0.25, -0.2) is 4.79 Å². The number of aromatic carboxylic acids is 1. The Morgan fingerprint density at radius 1 is 1.22 bits per heavy atom. The van der Waals surface area contributed by atoms with Crippen LogP contribution in [-0.2, 0) is 12.7 Å². The summed E-state index contributed by atoms with van der Waals surface area (Å²) in [6.45, 7) is -0.212. The summed E-state index contributed by atoms with van der Waals surface area (Å²) >= 11 is 0. The van der Waals surface area contributed by atoms with E-state index in [0.717, 1.165) is 12.4 Å². The quantitative estimate of drug-likeness (QED) is 0.634. The maximum Gasteiger partial charge on any atom is 0.418 e. The molecule has 102 valence electrons. The number of hydrogen-bond acceptors (Lipinski definition) is 1. The Morgan fingerprint density at radius 3 is 2.33 bits per heavy atom. The molecule has 3 nitrogen and oxygen atoms in total. The maximum absolute atomic E-state index is 12.5. The highest BCUT2D eigenvalue weighted by Crippen LogP contribution is 2.32. The average Bonchev–Trinajstić information content (AvgIpc) is 2.68. The van der Waals surface area contributed by atoms with E-state index in [4.69, 9.17) is 5.11 Å². The third-order valence-electron chi connectivity index (χ3n) is 2.47. The number of alkyl halides is 4. The van der Waals surface area contributed by atoms with Crippen LogP contribution in [0.25, 0.3) is 0 Å². The van der Waals surface area contributed by atoms with Gasteiger partial charge in [-0.15, -0.1) is 0 Å². The Labute approximate surface area is 101 Å². The van der Waals surface area contributed by atoms with Crippen molar-refractivity contribution < 1.29 is 27.5 Å². The second-order valence-electron chi connectivity index (χ2n) is 3.88. The molecule has 1 aromatic heterocycles. The Hall–Kier alpha value is -1.53. The molecule has 1 N–H and O–H groups in total. The van der Waals surface area contributed by atoms with Gasteiger partial charge in [-0.05, 0) is 19.3 Å². The first kappa shape index (κ1) is 14.5. The number of halogens is 4. The Bertz CT molecular complexity index is 412. The lowest BCUT2D eigenvalue weighted by Crippen LogP contribution is -2.09. The lowest BCUT2D eigenvalue weighted by atomic mass is 10.2. The number of carbonyl (C=O) groups is 1. The van der Waals surface area contributed by atoms with Crippen LogP contribution in [0.5, 0.6) is 0 Å². The molecule has 0 aliphatic rings. The third-order valence-corrected chi connectivity index (χ3v) is 2.47. The van der Waals surface area contributed by atoms with Gasteiger partial charge in [-0.3, -0.25) is 4.39 Å². The van der Waals surface area contributed by atoms with Crippen LogP contribution >= 0.6 is 0 Å². The zero-order chi connectivity index (χ0) is 13.8. The second kappa shape index (κ2) is 5.88. The molecule has 18 heavy (non-hydrogen) atoms. The van der Waals surface area contributed by atoms with Crippen molar-refractivity contribution in [2.45, 2.75) is 32.0 Å². The molecular weight excluding hydrogens is 254 g/mol. The second-order valence-corrected chi connectivity index (χ2v) is 3.88. The standard InChI is InChI=1S/C11H13F4NO2/c12-4-2-1-3-5-16-6-8(10(17)18)9(7-16)11(13,14)15/h6-7H,1-5H2,(H,17,18). The summed E-state index contributed by atoms with van der Waals surface area (Å²) in [5, 5.41) is 8.69. The topological polar surface area (TPSA) is 42.2 Å². The SMILES string of the molecule is O=C(O)c1cn(CCCCCF)cc1C(F)(F)F. The fourth-order valence-electron chi connectivity index (χ4n) is 1.60. The van der Waals surface area contributed by atoms with Gasteiger partial charge in [-0.2, -0.15) is 13.2 Å². The summed E-state index contributed by atoms with van der Waals surface area (Å²) in [5.41, 5.74) is -1.91. The number of unbranched alkanes of at least 4 members (excludes halogenated alkanes) is 2. The van der Waals surface area contributed by atoms with Gasteiger partial charge in [-0.1, -0.05) is 0 Å². The van der Waals surface area contributed by atoms with Crippen molar-refractivity contribution in [1.82, 2.24) is 4.57 Å². The first-order valence-corrected chi connectivity index (χ1v) is 5.42. The lowest BCUT2D eigenvalue weighted by Gasteiger charge is -2.04. The minimum absolute atomic E-state index is 0.246. The molecule has 0 radical (unpaired) electrons. The molecule has 7 heteroatoms. The molecule has 0 aliphatic carbocycles. The van der Waals surface area contributed by atoms with Gasteiger partial charge >= 0.3 is 12.1 Å². The summed E-state index contributed by atoms with van der Waals surface area (Å²) < 4.78 is 50.6. The molecule has 0 spiro atoms. The molecule has 0 atom stereocenters. The Morgan fingerprint density at radius 2 is 1.89 bits per heavy atom. The Kier molecular flexibility index (Phi) is 4.75. The third kappa shape index (κ3) is 3.75. The van der Waals surface area contributed by atoms with E-state index in [9.17, 15) is 22.4 Å². The molecule has 1 rings (SSSR count). The van der Waals surface area contributed by atoms with E-state index in [1.54, 1.807) is 0 Å². The van der Waals surface area contributed by atoms with E-state index in [1.807, 2.05) is 0 Å². The molecule has 1 heterocycles. The minimum Gasteiger partial charge on any atom is -0.478 e. The first-order chi connectivity index (χ1) is 8.36. The van der Waals surface area contributed by atoms with Gasteiger partial charge in [0.15, 0.2) is 0 Å². The summed E-state index contributed by atoms with van der Waals surface area (Å²) in [4.78, 5) is 10.7. The van der Waals surface area contributed by atoms with Gasteiger partial charge < -0.3 is 9.67 Å². The van der Waals surface area contributed by atoms with Crippen LogP contribution in [0, 0.1) is 0 Å². The number of aromatic nitrogens is 1. The summed E-state index contributed by atoms with van der Waals surface area (Å²) in [7, 11) is 0. The highest BCUT2D eigenvalue weighted by Gasteiger charge is 2.36. The van der Waals surface area contributed by atoms with Crippen molar-refractivity contribution in [3.05, 3.63) is 23.5 Å². The zero-order valence-electron chi connectivity index (χ0n) is 9.50. The average molecular weight is 267 g/mol. The molecule has 0 aromatic carbocycles. The number of nitrogens with zero attached hydrogens (tertiary/aromatic N) is 1. The molecule has 1 aromatic rings. The van der Waals surface area contributed by atoms with E-state index in [-0.39, 0.29) is 6.54 Å². The largest absolute Gasteiger partial charge is 0.478 e. The van der Waals surface area contributed by atoms with Crippen LogP contribution in [-0.4, -0.2) is 22.3 Å². The van der Waals surface area contributed by atoms with Crippen LogP contribution in [0.3, 0.4) is 0 Å². The fourth-order valence-corrected chi connectivity index (χ4v) is 1.60. The maximum atomic E-state index is 12.5. The highest BCUT2D eigenvalue weighted by atomic mass is 19.4. The van der Waals surface area contributed by atoms with Crippen molar-refractivity contribution in [2.75, 3.05) is 6.67 Å². The summed E-state index contributed by atoms with van der Waals surface area (Å²) in [5.74, 6) is -1.61. The normalized spacial score (nSPS) is 11.8. The number of carboxylic acid groups (broad SMARTS) is 1.